The number of aliphatic hydroxyl groups excluding tert-OH is 1. The van der Waals surface area contributed by atoms with Crippen LogP contribution in [0.5, 0.6) is 0 Å². The van der Waals surface area contributed by atoms with Crippen molar-refractivity contribution in [2.75, 3.05) is 6.54 Å². The van der Waals surface area contributed by atoms with Gasteiger partial charge in [0.25, 0.3) is 0 Å². The molecule has 0 aromatic heterocycles. The minimum Gasteiger partial charge on any atom is -0.393 e. The Bertz CT molecular complexity index is 195. The zero-order valence-corrected chi connectivity index (χ0v) is 11.6. The highest BCUT2D eigenvalue weighted by Crippen LogP contribution is 2.05. The summed E-state index contributed by atoms with van der Waals surface area (Å²) in [5, 5.41) is 13.1. The molecule has 0 aliphatic rings. The van der Waals surface area contributed by atoms with Crippen LogP contribution < -0.4 is 5.32 Å². The zero-order valence-electron chi connectivity index (χ0n) is 11.6. The highest BCUT2D eigenvalue weighted by Gasteiger charge is 2.08. The Balaban J connectivity index is 3.51. The van der Waals surface area contributed by atoms with Crippen molar-refractivity contribution in [3.63, 3.8) is 0 Å². The third-order valence-corrected chi connectivity index (χ3v) is 2.85. The van der Waals surface area contributed by atoms with Crippen molar-refractivity contribution in [2.24, 2.45) is 5.92 Å². The maximum Gasteiger partial charge on any atom is 0.0575 e. The Morgan fingerprint density at radius 2 is 1.81 bits per heavy atom. The normalized spacial score (nSPS) is 14.9. The van der Waals surface area contributed by atoms with Crippen LogP contribution in [0.3, 0.4) is 0 Å². The van der Waals surface area contributed by atoms with Crippen LogP contribution in [0, 0.1) is 5.92 Å². The Hall–Kier alpha value is -0.340. The SMILES string of the molecule is CC(C)=CCCC(C)NCCC(O)C(C)C. The van der Waals surface area contributed by atoms with Gasteiger partial charge < -0.3 is 10.4 Å². The topological polar surface area (TPSA) is 32.3 Å². The van der Waals surface area contributed by atoms with Crippen molar-refractivity contribution < 1.29 is 5.11 Å². The lowest BCUT2D eigenvalue weighted by atomic mass is 10.0. The molecule has 0 aliphatic heterocycles. The molecule has 96 valence electrons. The van der Waals surface area contributed by atoms with Crippen LogP contribution >= 0.6 is 0 Å². The monoisotopic (exact) mass is 227 g/mol. The first-order valence-electron chi connectivity index (χ1n) is 6.48. The number of hydrogen-bond acceptors (Lipinski definition) is 2. The molecular weight excluding hydrogens is 198 g/mol. The van der Waals surface area contributed by atoms with Gasteiger partial charge in [0.2, 0.25) is 0 Å². The average molecular weight is 227 g/mol. The van der Waals surface area contributed by atoms with E-state index in [0.717, 1.165) is 19.4 Å². The van der Waals surface area contributed by atoms with Crippen molar-refractivity contribution in [1.82, 2.24) is 5.32 Å². The molecular formula is C14H29NO. The molecule has 0 aromatic rings. The first kappa shape index (κ1) is 15.7. The van der Waals surface area contributed by atoms with E-state index >= 15 is 0 Å². The van der Waals surface area contributed by atoms with E-state index in [-0.39, 0.29) is 6.10 Å². The lowest BCUT2D eigenvalue weighted by molar-refractivity contribution is 0.115. The number of aliphatic hydroxyl groups is 1. The van der Waals surface area contributed by atoms with Gasteiger partial charge in [0.05, 0.1) is 6.10 Å². The third kappa shape index (κ3) is 8.93. The summed E-state index contributed by atoms with van der Waals surface area (Å²) in [6.45, 7) is 11.5. The van der Waals surface area contributed by atoms with Gasteiger partial charge in [0.15, 0.2) is 0 Å². The maximum atomic E-state index is 9.64. The van der Waals surface area contributed by atoms with Crippen LogP contribution in [0.25, 0.3) is 0 Å². The molecule has 2 N–H and O–H groups in total. The molecule has 2 atom stereocenters. The van der Waals surface area contributed by atoms with Gasteiger partial charge in [-0.05, 0) is 52.5 Å². The van der Waals surface area contributed by atoms with Gasteiger partial charge in [-0.15, -0.1) is 0 Å². The molecule has 0 fully saturated rings. The molecule has 2 unspecified atom stereocenters. The van der Waals surface area contributed by atoms with Crippen LogP contribution in [0.2, 0.25) is 0 Å². The molecule has 0 radical (unpaired) electrons. The fraction of sp³-hybridized carbons (Fsp3) is 0.857. The second kappa shape index (κ2) is 8.77. The summed E-state index contributed by atoms with van der Waals surface area (Å²) in [6.07, 6.45) is 5.27. The number of hydrogen-bond donors (Lipinski definition) is 2. The van der Waals surface area contributed by atoms with Gasteiger partial charge in [-0.1, -0.05) is 25.5 Å². The standard InChI is InChI=1S/C14H29NO/c1-11(2)7-6-8-13(5)15-10-9-14(16)12(3)4/h7,12-16H,6,8-10H2,1-5H3. The van der Waals surface area contributed by atoms with Gasteiger partial charge in [-0.3, -0.25) is 0 Å². The molecule has 0 saturated heterocycles. The maximum absolute atomic E-state index is 9.64. The number of allylic oxidation sites excluding steroid dienone is 2. The van der Waals surface area contributed by atoms with E-state index in [2.05, 4.69) is 46.0 Å². The summed E-state index contributed by atoms with van der Waals surface area (Å²) in [6, 6.07) is 0.537. The fourth-order valence-electron chi connectivity index (χ4n) is 1.54. The summed E-state index contributed by atoms with van der Waals surface area (Å²) in [5.74, 6) is 0.364. The second-order valence-corrected chi connectivity index (χ2v) is 5.31. The summed E-state index contributed by atoms with van der Waals surface area (Å²) in [4.78, 5) is 0. The van der Waals surface area contributed by atoms with Gasteiger partial charge >= 0.3 is 0 Å². The smallest absolute Gasteiger partial charge is 0.0575 e. The van der Waals surface area contributed by atoms with Crippen LogP contribution in [0.4, 0.5) is 0 Å². The van der Waals surface area contributed by atoms with Crippen molar-refractivity contribution in [3.8, 4) is 0 Å². The summed E-state index contributed by atoms with van der Waals surface area (Å²) >= 11 is 0. The van der Waals surface area contributed by atoms with Crippen molar-refractivity contribution in [2.45, 2.75) is 66.0 Å². The average Bonchev–Trinajstić information content (AvgIpc) is 2.16. The first-order chi connectivity index (χ1) is 7.43. The third-order valence-electron chi connectivity index (χ3n) is 2.85. The Kier molecular flexibility index (Phi) is 8.58. The summed E-state index contributed by atoms with van der Waals surface area (Å²) in [5.41, 5.74) is 1.39. The molecule has 16 heavy (non-hydrogen) atoms. The molecule has 0 rings (SSSR count). The second-order valence-electron chi connectivity index (χ2n) is 5.31. The molecule has 0 amide bonds. The molecule has 0 aromatic carbocycles. The van der Waals surface area contributed by atoms with E-state index in [1.54, 1.807) is 0 Å². The van der Waals surface area contributed by atoms with Gasteiger partial charge in [0.1, 0.15) is 0 Å². The molecule has 0 heterocycles. The van der Waals surface area contributed by atoms with Gasteiger partial charge in [-0.2, -0.15) is 0 Å². The number of rotatable bonds is 8. The predicted octanol–water partition coefficient (Wildman–Crippen LogP) is 3.12. The quantitative estimate of drug-likeness (QED) is 0.624. The van der Waals surface area contributed by atoms with E-state index in [4.69, 9.17) is 0 Å². The summed E-state index contributed by atoms with van der Waals surface area (Å²) in [7, 11) is 0. The lowest BCUT2D eigenvalue weighted by Crippen LogP contribution is -2.30. The van der Waals surface area contributed by atoms with E-state index in [0.29, 0.717) is 12.0 Å². The molecule has 2 heteroatoms. The van der Waals surface area contributed by atoms with Crippen molar-refractivity contribution >= 4 is 0 Å². The van der Waals surface area contributed by atoms with E-state index in [1.165, 1.54) is 12.0 Å². The Morgan fingerprint density at radius 1 is 1.19 bits per heavy atom. The molecule has 0 aliphatic carbocycles. The largest absolute Gasteiger partial charge is 0.393 e. The lowest BCUT2D eigenvalue weighted by Gasteiger charge is -2.17. The van der Waals surface area contributed by atoms with Gasteiger partial charge in [-0.25, -0.2) is 0 Å². The van der Waals surface area contributed by atoms with Crippen LogP contribution in [-0.4, -0.2) is 23.8 Å². The van der Waals surface area contributed by atoms with Crippen LogP contribution in [-0.2, 0) is 0 Å². The predicted molar refractivity (Wildman–Crippen MR) is 71.6 cm³/mol. The van der Waals surface area contributed by atoms with Crippen molar-refractivity contribution in [3.05, 3.63) is 11.6 Å². The summed E-state index contributed by atoms with van der Waals surface area (Å²) < 4.78 is 0. The Morgan fingerprint density at radius 3 is 2.31 bits per heavy atom. The van der Waals surface area contributed by atoms with Crippen molar-refractivity contribution in [1.29, 1.82) is 0 Å². The van der Waals surface area contributed by atoms with E-state index < -0.39 is 0 Å². The Labute approximate surface area is 101 Å². The van der Waals surface area contributed by atoms with Crippen LogP contribution in [0.15, 0.2) is 11.6 Å². The molecule has 0 saturated carbocycles. The molecule has 0 spiro atoms. The number of nitrogens with one attached hydrogen (secondary N) is 1. The highest BCUT2D eigenvalue weighted by atomic mass is 16.3. The zero-order chi connectivity index (χ0) is 12.6. The van der Waals surface area contributed by atoms with E-state index in [1.807, 2.05) is 0 Å². The minimum absolute atomic E-state index is 0.169. The van der Waals surface area contributed by atoms with Crippen LogP contribution in [0.1, 0.15) is 53.9 Å². The van der Waals surface area contributed by atoms with Gasteiger partial charge in [0, 0.05) is 6.04 Å². The molecule has 2 nitrogen and oxygen atoms in total. The highest BCUT2D eigenvalue weighted by molar-refractivity contribution is 4.93. The minimum atomic E-state index is -0.169. The van der Waals surface area contributed by atoms with E-state index in [9.17, 15) is 5.11 Å². The first-order valence-corrected chi connectivity index (χ1v) is 6.48. The fourth-order valence-corrected chi connectivity index (χ4v) is 1.54. The molecule has 0 bridgehead atoms.